The van der Waals surface area contributed by atoms with Crippen LogP contribution >= 0.6 is 0 Å². The zero-order chi connectivity index (χ0) is 30.1. The van der Waals surface area contributed by atoms with Gasteiger partial charge in [-0.25, -0.2) is 0 Å². The van der Waals surface area contributed by atoms with Gasteiger partial charge in [0.25, 0.3) is 5.91 Å². The average Bonchev–Trinajstić information content (AvgIpc) is 3.27. The van der Waals surface area contributed by atoms with Crippen molar-refractivity contribution in [3.63, 3.8) is 0 Å². The molecule has 4 aromatic carbocycles. The molecule has 9 heteroatoms. The van der Waals surface area contributed by atoms with Crippen molar-refractivity contribution in [3.05, 3.63) is 106 Å². The Morgan fingerprint density at radius 1 is 0.860 bits per heavy atom. The number of methoxy groups -OCH3 is 2. The van der Waals surface area contributed by atoms with Gasteiger partial charge < -0.3 is 33.7 Å². The second kappa shape index (κ2) is 11.3. The Morgan fingerprint density at radius 3 is 2.28 bits per heavy atom. The van der Waals surface area contributed by atoms with Crippen LogP contribution in [-0.4, -0.2) is 43.5 Å². The normalized spacial score (nSPS) is 13.4. The number of rotatable bonds is 8. The van der Waals surface area contributed by atoms with E-state index < -0.39 is 0 Å². The Hall–Kier alpha value is -5.70. The predicted molar refractivity (Wildman–Crippen MR) is 163 cm³/mol. The summed E-state index contributed by atoms with van der Waals surface area (Å²) >= 11 is 0. The molecule has 0 fully saturated rings. The molecule has 5 aromatic rings. The highest BCUT2D eigenvalue weighted by atomic mass is 16.5. The summed E-state index contributed by atoms with van der Waals surface area (Å²) < 4.78 is 22.4. The molecule has 0 aliphatic carbocycles. The maximum Gasteiger partial charge on any atom is 0.259 e. The summed E-state index contributed by atoms with van der Waals surface area (Å²) in [5, 5.41) is 20.9. The number of benzene rings is 4. The van der Waals surface area contributed by atoms with Gasteiger partial charge in [0.2, 0.25) is 5.75 Å². The van der Waals surface area contributed by atoms with Gasteiger partial charge in [0.15, 0.2) is 16.9 Å². The van der Waals surface area contributed by atoms with Crippen molar-refractivity contribution < 1.29 is 33.6 Å². The Kier molecular flexibility index (Phi) is 7.21. The Morgan fingerprint density at radius 2 is 1.56 bits per heavy atom. The summed E-state index contributed by atoms with van der Waals surface area (Å²) in [6.07, 6.45) is 1.72. The molecular weight excluding hydrogens is 550 g/mol. The number of para-hydroxylation sites is 1. The summed E-state index contributed by atoms with van der Waals surface area (Å²) in [6, 6.07) is 24.1. The number of phenols is 2. The quantitative estimate of drug-likeness (QED) is 0.220. The highest BCUT2D eigenvalue weighted by Gasteiger charge is 2.32. The van der Waals surface area contributed by atoms with Crippen LogP contribution in [0.25, 0.3) is 33.9 Å². The largest absolute Gasteiger partial charge is 0.507 e. The molecule has 0 saturated carbocycles. The van der Waals surface area contributed by atoms with Crippen molar-refractivity contribution in [2.75, 3.05) is 32.3 Å². The molecule has 0 unspecified atom stereocenters. The molecule has 2 heterocycles. The summed E-state index contributed by atoms with van der Waals surface area (Å²) in [4.78, 5) is 28.0. The van der Waals surface area contributed by atoms with E-state index in [1.807, 2.05) is 54.6 Å². The number of aromatic hydroxyl groups is 2. The molecule has 0 bridgehead atoms. The molecule has 1 aliphatic rings. The summed E-state index contributed by atoms with van der Waals surface area (Å²) in [7, 11) is 2.88. The molecule has 43 heavy (non-hydrogen) atoms. The summed E-state index contributed by atoms with van der Waals surface area (Å²) in [5.41, 5.74) is 3.10. The minimum Gasteiger partial charge on any atom is -0.507 e. The molecule has 216 valence electrons. The second-order valence-electron chi connectivity index (χ2n) is 9.81. The van der Waals surface area contributed by atoms with Crippen LogP contribution in [0.2, 0.25) is 0 Å². The average molecular weight is 578 g/mol. The van der Waals surface area contributed by atoms with Crippen LogP contribution in [0.3, 0.4) is 0 Å². The standard InChI is InChI=1S/C34H27NO8/c1-40-30-15-20(16-31(41-2)33(30)38)14-24-23-10-6-7-11-25(23)35(34(24)39)12-13-42-22-17-26(36)32-27(37)19-28(43-29(32)18-22)21-8-4-3-5-9-21/h3-11,14-19,36,38H,12-13H2,1-2H3/b24-14-. The fraction of sp³-hybridized carbons (Fsp3) is 0.118. The van der Waals surface area contributed by atoms with Crippen molar-refractivity contribution in [1.82, 2.24) is 0 Å². The minimum absolute atomic E-state index is 0.0629. The number of amides is 1. The molecule has 0 spiro atoms. The molecular formula is C34H27NO8. The predicted octanol–water partition coefficient (Wildman–Crippen LogP) is 5.85. The molecule has 0 radical (unpaired) electrons. The lowest BCUT2D eigenvalue weighted by Gasteiger charge is -2.17. The third kappa shape index (κ3) is 5.12. The van der Waals surface area contributed by atoms with E-state index in [1.54, 1.807) is 29.2 Å². The first kappa shape index (κ1) is 27.5. The second-order valence-corrected chi connectivity index (χ2v) is 9.81. The number of fused-ring (bicyclic) bond motifs is 2. The fourth-order valence-electron chi connectivity index (χ4n) is 5.16. The van der Waals surface area contributed by atoms with Crippen molar-refractivity contribution in [2.45, 2.75) is 0 Å². The van der Waals surface area contributed by atoms with Crippen LogP contribution in [0.1, 0.15) is 11.1 Å². The number of anilines is 1. The van der Waals surface area contributed by atoms with Crippen molar-refractivity contribution in [1.29, 1.82) is 0 Å². The number of ether oxygens (including phenoxy) is 3. The molecule has 0 atom stereocenters. The first-order valence-electron chi connectivity index (χ1n) is 13.4. The van der Waals surface area contributed by atoms with Crippen LogP contribution in [0.15, 0.2) is 94.1 Å². The van der Waals surface area contributed by atoms with E-state index in [0.717, 1.165) is 16.8 Å². The van der Waals surface area contributed by atoms with Gasteiger partial charge in [-0.2, -0.15) is 0 Å². The zero-order valence-electron chi connectivity index (χ0n) is 23.4. The smallest absolute Gasteiger partial charge is 0.259 e. The van der Waals surface area contributed by atoms with Gasteiger partial charge in [-0.15, -0.1) is 0 Å². The number of hydrogen-bond acceptors (Lipinski definition) is 8. The zero-order valence-corrected chi connectivity index (χ0v) is 23.4. The third-order valence-corrected chi connectivity index (χ3v) is 7.20. The number of carbonyl (C=O) groups is 1. The highest BCUT2D eigenvalue weighted by molar-refractivity contribution is 6.35. The van der Waals surface area contributed by atoms with Gasteiger partial charge in [0, 0.05) is 34.9 Å². The maximum atomic E-state index is 13.6. The number of carbonyl (C=O) groups excluding carboxylic acids is 1. The van der Waals surface area contributed by atoms with Gasteiger partial charge >= 0.3 is 0 Å². The molecule has 6 rings (SSSR count). The van der Waals surface area contributed by atoms with Crippen LogP contribution in [0.4, 0.5) is 5.69 Å². The van der Waals surface area contributed by atoms with Crippen LogP contribution in [-0.2, 0) is 4.79 Å². The first-order valence-corrected chi connectivity index (χ1v) is 13.4. The minimum atomic E-state index is -0.369. The topological polar surface area (TPSA) is 119 Å². The molecule has 1 aliphatic heterocycles. The molecule has 2 N–H and O–H groups in total. The van der Waals surface area contributed by atoms with E-state index in [1.165, 1.54) is 26.4 Å². The molecule has 0 saturated heterocycles. The Labute approximate surface area is 246 Å². The van der Waals surface area contributed by atoms with Crippen molar-refractivity contribution >= 4 is 34.2 Å². The monoisotopic (exact) mass is 577 g/mol. The van der Waals surface area contributed by atoms with Gasteiger partial charge in [0.1, 0.15) is 34.8 Å². The summed E-state index contributed by atoms with van der Waals surface area (Å²) in [6.45, 7) is 0.309. The van der Waals surface area contributed by atoms with Crippen LogP contribution in [0.5, 0.6) is 28.7 Å². The molecule has 9 nitrogen and oxygen atoms in total. The van der Waals surface area contributed by atoms with E-state index >= 15 is 0 Å². The van der Waals surface area contributed by atoms with E-state index in [-0.39, 0.29) is 64.2 Å². The lowest BCUT2D eigenvalue weighted by molar-refractivity contribution is -0.113. The van der Waals surface area contributed by atoms with Gasteiger partial charge in [0.05, 0.1) is 26.5 Å². The molecule has 1 aromatic heterocycles. The van der Waals surface area contributed by atoms with E-state index in [2.05, 4.69) is 0 Å². The highest BCUT2D eigenvalue weighted by Crippen LogP contribution is 2.41. The van der Waals surface area contributed by atoms with Crippen molar-refractivity contribution in [2.24, 2.45) is 0 Å². The number of hydrogen-bond donors (Lipinski definition) is 2. The Bertz CT molecular complexity index is 1920. The first-order chi connectivity index (χ1) is 20.9. The molecule has 1 amide bonds. The summed E-state index contributed by atoms with van der Waals surface area (Å²) in [5.74, 6) is 0.499. The SMILES string of the molecule is COc1cc(/C=C2\C(=O)N(CCOc3cc(O)c4c(=O)cc(-c5ccccc5)oc4c3)c3ccccc32)cc(OC)c1O. The van der Waals surface area contributed by atoms with Crippen molar-refractivity contribution in [3.8, 4) is 40.1 Å². The van der Waals surface area contributed by atoms with E-state index in [4.69, 9.17) is 18.6 Å². The Balaban J connectivity index is 1.25. The van der Waals surface area contributed by atoms with E-state index in [0.29, 0.717) is 16.9 Å². The number of phenolic OH excluding ortho intramolecular Hbond substituents is 2. The van der Waals surface area contributed by atoms with Crippen LogP contribution < -0.4 is 24.5 Å². The lowest BCUT2D eigenvalue weighted by atomic mass is 10.0. The van der Waals surface area contributed by atoms with Gasteiger partial charge in [-0.3, -0.25) is 9.59 Å². The van der Waals surface area contributed by atoms with E-state index in [9.17, 15) is 19.8 Å². The number of nitrogens with zero attached hydrogens (tertiary/aromatic N) is 1. The lowest BCUT2D eigenvalue weighted by Crippen LogP contribution is -2.30. The van der Waals surface area contributed by atoms with Gasteiger partial charge in [-0.05, 0) is 29.8 Å². The van der Waals surface area contributed by atoms with Gasteiger partial charge in [-0.1, -0.05) is 48.5 Å². The fourth-order valence-corrected chi connectivity index (χ4v) is 5.16. The third-order valence-electron chi connectivity index (χ3n) is 7.20. The maximum absolute atomic E-state index is 13.6. The van der Waals surface area contributed by atoms with Crippen LogP contribution in [0, 0.1) is 0 Å².